The molecular formula is C22H30IN3O2. The number of aliphatic imine (C=N–C) groups is 1. The Morgan fingerprint density at radius 3 is 2.71 bits per heavy atom. The monoisotopic (exact) mass is 495 g/mol. The maximum Gasteiger partial charge on any atom is 0.193 e. The lowest BCUT2D eigenvalue weighted by Gasteiger charge is -2.14. The number of hydrogen-bond donors (Lipinski definition) is 2. The highest BCUT2D eigenvalue weighted by molar-refractivity contribution is 14.0. The van der Waals surface area contributed by atoms with Gasteiger partial charge in [-0.25, -0.2) is 4.99 Å². The van der Waals surface area contributed by atoms with E-state index in [2.05, 4.69) is 54.5 Å². The number of anilines is 1. The molecule has 2 aromatic rings. The average molecular weight is 495 g/mol. The summed E-state index contributed by atoms with van der Waals surface area (Å²) < 4.78 is 11.5. The van der Waals surface area contributed by atoms with Crippen LogP contribution < -0.4 is 15.8 Å². The van der Waals surface area contributed by atoms with Crippen LogP contribution >= 0.6 is 24.0 Å². The number of nitrogens with zero attached hydrogens (tertiary/aromatic N) is 1. The lowest BCUT2D eigenvalue weighted by atomic mass is 10.1. The largest absolute Gasteiger partial charge is 0.493 e. The minimum atomic E-state index is 0. The maximum absolute atomic E-state index is 6.07. The van der Waals surface area contributed by atoms with E-state index >= 15 is 0 Å². The van der Waals surface area contributed by atoms with Crippen molar-refractivity contribution in [1.29, 1.82) is 0 Å². The van der Waals surface area contributed by atoms with Gasteiger partial charge in [0.2, 0.25) is 0 Å². The number of hydrogen-bond acceptors (Lipinski definition) is 3. The van der Waals surface area contributed by atoms with Gasteiger partial charge in [0.1, 0.15) is 5.75 Å². The molecule has 6 heteroatoms. The Labute approximate surface area is 184 Å². The zero-order valence-corrected chi connectivity index (χ0v) is 18.9. The third-order valence-electron chi connectivity index (χ3n) is 4.78. The van der Waals surface area contributed by atoms with Crippen LogP contribution in [0.5, 0.6) is 5.75 Å². The van der Waals surface area contributed by atoms with Gasteiger partial charge in [-0.3, -0.25) is 0 Å². The number of halogens is 1. The fourth-order valence-electron chi connectivity index (χ4n) is 3.03. The van der Waals surface area contributed by atoms with E-state index in [0.717, 1.165) is 43.1 Å². The molecule has 1 aliphatic heterocycles. The van der Waals surface area contributed by atoms with Crippen molar-refractivity contribution in [3.63, 3.8) is 0 Å². The van der Waals surface area contributed by atoms with Crippen LogP contribution in [-0.4, -0.2) is 25.8 Å². The van der Waals surface area contributed by atoms with Crippen LogP contribution in [0.2, 0.25) is 0 Å². The predicted molar refractivity (Wildman–Crippen MR) is 126 cm³/mol. The summed E-state index contributed by atoms with van der Waals surface area (Å²) in [4.78, 5) is 4.48. The molecule has 0 aromatic heterocycles. The molecule has 1 saturated heterocycles. The molecule has 1 heterocycles. The van der Waals surface area contributed by atoms with Crippen molar-refractivity contribution in [1.82, 2.24) is 0 Å². The Balaban J connectivity index is 0.00000280. The van der Waals surface area contributed by atoms with Gasteiger partial charge in [0.15, 0.2) is 5.96 Å². The fourth-order valence-corrected chi connectivity index (χ4v) is 3.03. The van der Waals surface area contributed by atoms with E-state index in [-0.39, 0.29) is 24.0 Å². The van der Waals surface area contributed by atoms with E-state index in [0.29, 0.717) is 25.0 Å². The van der Waals surface area contributed by atoms with Crippen LogP contribution in [-0.2, 0) is 17.7 Å². The summed E-state index contributed by atoms with van der Waals surface area (Å²) in [7, 11) is 0. The molecule has 0 aliphatic carbocycles. The lowest BCUT2D eigenvalue weighted by molar-refractivity contribution is 0.166. The number of benzene rings is 2. The molecule has 1 atom stereocenters. The highest BCUT2D eigenvalue weighted by Gasteiger charge is 2.17. The second-order valence-electron chi connectivity index (χ2n) is 7.03. The van der Waals surface area contributed by atoms with Crippen molar-refractivity contribution < 1.29 is 9.47 Å². The molecule has 0 saturated carbocycles. The molecule has 0 spiro atoms. The van der Waals surface area contributed by atoms with Crippen molar-refractivity contribution in [3.8, 4) is 5.75 Å². The molecule has 0 bridgehead atoms. The van der Waals surface area contributed by atoms with Gasteiger partial charge >= 0.3 is 0 Å². The molecule has 152 valence electrons. The summed E-state index contributed by atoms with van der Waals surface area (Å²) in [5, 5.41) is 3.14. The molecule has 1 aliphatic rings. The first-order chi connectivity index (χ1) is 13.1. The lowest BCUT2D eigenvalue weighted by Crippen LogP contribution is -2.22. The SMILES string of the molecule is CCc1ccc(NC(N)=NCc2ccc(C)cc2OCC2CCOC2)cc1.I. The van der Waals surface area contributed by atoms with Gasteiger partial charge in [-0.2, -0.15) is 0 Å². The van der Waals surface area contributed by atoms with Gasteiger partial charge < -0.3 is 20.5 Å². The summed E-state index contributed by atoms with van der Waals surface area (Å²) in [5.41, 5.74) is 10.5. The number of aryl methyl sites for hydroxylation is 2. The number of guanidine groups is 1. The quantitative estimate of drug-likeness (QED) is 0.337. The van der Waals surface area contributed by atoms with Crippen LogP contribution in [0.15, 0.2) is 47.5 Å². The van der Waals surface area contributed by atoms with E-state index in [1.54, 1.807) is 0 Å². The van der Waals surface area contributed by atoms with Crippen LogP contribution in [0, 0.1) is 12.8 Å². The molecule has 5 nitrogen and oxygen atoms in total. The maximum atomic E-state index is 6.07. The average Bonchev–Trinajstić information content (AvgIpc) is 3.20. The first-order valence-electron chi connectivity index (χ1n) is 9.60. The van der Waals surface area contributed by atoms with Gasteiger partial charge in [-0.1, -0.05) is 31.2 Å². The van der Waals surface area contributed by atoms with Gasteiger partial charge in [-0.15, -0.1) is 24.0 Å². The first-order valence-corrected chi connectivity index (χ1v) is 9.60. The molecular weight excluding hydrogens is 465 g/mol. The molecule has 3 rings (SSSR count). The molecule has 28 heavy (non-hydrogen) atoms. The minimum absolute atomic E-state index is 0. The van der Waals surface area contributed by atoms with Crippen LogP contribution in [0.1, 0.15) is 30.0 Å². The highest BCUT2D eigenvalue weighted by Crippen LogP contribution is 2.23. The number of ether oxygens (including phenoxy) is 2. The molecule has 0 amide bonds. The van der Waals surface area contributed by atoms with E-state index in [1.165, 1.54) is 11.1 Å². The number of nitrogens with one attached hydrogen (secondary N) is 1. The van der Waals surface area contributed by atoms with E-state index < -0.39 is 0 Å². The van der Waals surface area contributed by atoms with E-state index in [9.17, 15) is 0 Å². The molecule has 1 fully saturated rings. The Hall–Kier alpha value is -1.80. The van der Waals surface area contributed by atoms with Crippen LogP contribution in [0.4, 0.5) is 5.69 Å². The van der Waals surface area contributed by atoms with Crippen molar-refractivity contribution >= 4 is 35.6 Å². The van der Waals surface area contributed by atoms with Crippen molar-refractivity contribution in [3.05, 3.63) is 59.2 Å². The van der Waals surface area contributed by atoms with Crippen LogP contribution in [0.3, 0.4) is 0 Å². The van der Waals surface area contributed by atoms with Crippen molar-refractivity contribution in [2.75, 3.05) is 25.1 Å². The number of rotatable bonds is 7. The topological polar surface area (TPSA) is 68.9 Å². The Morgan fingerprint density at radius 2 is 2.04 bits per heavy atom. The second-order valence-corrected chi connectivity index (χ2v) is 7.03. The second kappa shape index (κ2) is 11.3. The zero-order valence-electron chi connectivity index (χ0n) is 16.6. The van der Waals surface area contributed by atoms with Gasteiger partial charge in [0.25, 0.3) is 0 Å². The Kier molecular flexibility index (Phi) is 9.05. The van der Waals surface area contributed by atoms with Gasteiger partial charge in [0.05, 0.1) is 19.8 Å². The summed E-state index contributed by atoms with van der Waals surface area (Å²) in [6, 6.07) is 14.4. The van der Waals surface area contributed by atoms with Gasteiger partial charge in [-0.05, 0) is 49.1 Å². The van der Waals surface area contributed by atoms with Crippen molar-refractivity contribution in [2.24, 2.45) is 16.6 Å². The molecule has 1 unspecified atom stereocenters. The third-order valence-corrected chi connectivity index (χ3v) is 4.78. The summed E-state index contributed by atoms with van der Waals surface area (Å²) in [6.45, 7) is 6.97. The third kappa shape index (κ3) is 6.67. The standard InChI is InChI=1S/C22H29N3O2.HI/c1-3-17-5-8-20(9-6-17)25-22(23)24-13-19-7-4-16(2)12-21(19)27-15-18-10-11-26-14-18;/h4-9,12,18H,3,10-11,13-15H2,1-2H3,(H3,23,24,25);1H. The molecule has 2 aromatic carbocycles. The normalized spacial score (nSPS) is 16.5. The Bertz CT molecular complexity index is 772. The number of nitrogens with two attached hydrogens (primary N) is 1. The highest BCUT2D eigenvalue weighted by atomic mass is 127. The van der Waals surface area contributed by atoms with E-state index in [1.807, 2.05) is 12.1 Å². The summed E-state index contributed by atoms with van der Waals surface area (Å²) in [5.74, 6) is 1.75. The Morgan fingerprint density at radius 1 is 1.25 bits per heavy atom. The summed E-state index contributed by atoms with van der Waals surface area (Å²) in [6.07, 6.45) is 2.08. The smallest absolute Gasteiger partial charge is 0.193 e. The van der Waals surface area contributed by atoms with Gasteiger partial charge in [0, 0.05) is 23.8 Å². The predicted octanol–water partition coefficient (Wildman–Crippen LogP) is 4.52. The fraction of sp³-hybridized carbons (Fsp3) is 0.409. The van der Waals surface area contributed by atoms with E-state index in [4.69, 9.17) is 15.2 Å². The van der Waals surface area contributed by atoms with Crippen LogP contribution in [0.25, 0.3) is 0 Å². The van der Waals surface area contributed by atoms with Crippen molar-refractivity contribution in [2.45, 2.75) is 33.2 Å². The summed E-state index contributed by atoms with van der Waals surface area (Å²) >= 11 is 0. The minimum Gasteiger partial charge on any atom is -0.493 e. The first kappa shape index (κ1) is 22.5. The molecule has 0 radical (unpaired) electrons. The zero-order chi connectivity index (χ0) is 19.1. The molecule has 3 N–H and O–H groups in total.